The minimum absolute atomic E-state index is 0.00318. The zero-order chi connectivity index (χ0) is 11.6. The molecule has 2 aliphatic heterocycles. The number of hydrogen-bond acceptors (Lipinski definition) is 4. The van der Waals surface area contributed by atoms with E-state index in [-0.39, 0.29) is 12.0 Å². The van der Waals surface area contributed by atoms with Crippen LogP contribution in [0.15, 0.2) is 0 Å². The normalized spacial score (nSPS) is 28.6. The van der Waals surface area contributed by atoms with Crippen molar-refractivity contribution in [1.82, 2.24) is 10.2 Å². The second kappa shape index (κ2) is 4.69. The molecule has 0 aliphatic carbocycles. The van der Waals surface area contributed by atoms with Gasteiger partial charge in [-0.1, -0.05) is 6.92 Å². The second-order valence-electron chi connectivity index (χ2n) is 4.73. The highest BCUT2D eigenvalue weighted by Gasteiger charge is 2.42. The van der Waals surface area contributed by atoms with Gasteiger partial charge in [-0.2, -0.15) is 0 Å². The fraction of sp³-hybridized carbons (Fsp3) is 0.909. The van der Waals surface area contributed by atoms with E-state index >= 15 is 0 Å². The predicted molar refractivity (Wildman–Crippen MR) is 59.0 cm³/mol. The maximum atomic E-state index is 11.8. The number of morpholine rings is 1. The number of carbonyl (C=O) groups is 1. The van der Waals surface area contributed by atoms with Crippen molar-refractivity contribution in [2.45, 2.75) is 31.5 Å². The summed E-state index contributed by atoms with van der Waals surface area (Å²) in [5.74, 6) is 0.0897. The maximum Gasteiger partial charge on any atom is 0.225 e. The molecule has 2 N–H and O–H groups in total. The van der Waals surface area contributed by atoms with Crippen LogP contribution < -0.4 is 5.32 Å². The molecular weight excluding hydrogens is 208 g/mol. The van der Waals surface area contributed by atoms with Gasteiger partial charge in [0.05, 0.1) is 37.8 Å². The number of nitrogens with zero attached hydrogens (tertiary/aromatic N) is 1. The smallest absolute Gasteiger partial charge is 0.225 e. The summed E-state index contributed by atoms with van der Waals surface area (Å²) in [6.07, 6.45) is 1.13. The molecule has 0 aromatic rings. The summed E-state index contributed by atoms with van der Waals surface area (Å²) in [6, 6.07) is 0. The van der Waals surface area contributed by atoms with Crippen molar-refractivity contribution in [3.63, 3.8) is 0 Å². The van der Waals surface area contributed by atoms with Crippen molar-refractivity contribution in [1.29, 1.82) is 0 Å². The number of amides is 1. The van der Waals surface area contributed by atoms with Gasteiger partial charge in [-0.05, 0) is 6.42 Å². The molecule has 1 unspecified atom stereocenters. The van der Waals surface area contributed by atoms with Gasteiger partial charge in [0.2, 0.25) is 5.91 Å². The highest BCUT2D eigenvalue weighted by Crippen LogP contribution is 2.25. The number of hydrogen-bond donors (Lipinski definition) is 2. The van der Waals surface area contributed by atoms with Gasteiger partial charge in [-0.15, -0.1) is 0 Å². The van der Waals surface area contributed by atoms with E-state index in [1.807, 2.05) is 6.92 Å². The van der Waals surface area contributed by atoms with Crippen LogP contribution in [0, 0.1) is 0 Å². The number of nitrogens with one attached hydrogen (secondary N) is 1. The van der Waals surface area contributed by atoms with Crippen molar-refractivity contribution in [2.75, 3.05) is 32.8 Å². The first-order valence-electron chi connectivity index (χ1n) is 5.95. The molecule has 92 valence electrons. The van der Waals surface area contributed by atoms with Crippen molar-refractivity contribution >= 4 is 5.91 Å². The fourth-order valence-corrected chi connectivity index (χ4v) is 2.14. The zero-order valence-corrected chi connectivity index (χ0v) is 9.74. The van der Waals surface area contributed by atoms with Gasteiger partial charge in [0.1, 0.15) is 0 Å². The summed E-state index contributed by atoms with van der Waals surface area (Å²) < 4.78 is 5.47. The van der Waals surface area contributed by atoms with E-state index in [9.17, 15) is 9.90 Å². The lowest BCUT2D eigenvalue weighted by Gasteiger charge is -2.46. The molecule has 16 heavy (non-hydrogen) atoms. The third kappa shape index (κ3) is 2.53. The lowest BCUT2D eigenvalue weighted by Crippen LogP contribution is -2.63. The van der Waals surface area contributed by atoms with E-state index in [4.69, 9.17) is 4.74 Å². The van der Waals surface area contributed by atoms with Crippen LogP contribution >= 0.6 is 0 Å². The van der Waals surface area contributed by atoms with Crippen molar-refractivity contribution < 1.29 is 14.6 Å². The average molecular weight is 228 g/mol. The Labute approximate surface area is 95.8 Å². The largest absolute Gasteiger partial charge is 0.386 e. The van der Waals surface area contributed by atoms with Crippen LogP contribution in [0.4, 0.5) is 0 Å². The van der Waals surface area contributed by atoms with Gasteiger partial charge in [-0.3, -0.25) is 4.79 Å². The molecule has 2 heterocycles. The van der Waals surface area contributed by atoms with Crippen LogP contribution in [0.25, 0.3) is 0 Å². The molecule has 0 saturated carbocycles. The molecule has 1 atom stereocenters. The minimum Gasteiger partial charge on any atom is -0.386 e. The number of aliphatic hydroxyl groups is 1. The van der Waals surface area contributed by atoms with Crippen LogP contribution in [-0.2, 0) is 9.53 Å². The first-order valence-corrected chi connectivity index (χ1v) is 5.95. The summed E-state index contributed by atoms with van der Waals surface area (Å²) in [5.41, 5.74) is -0.638. The van der Waals surface area contributed by atoms with Gasteiger partial charge in [0.25, 0.3) is 0 Å². The highest BCUT2D eigenvalue weighted by molar-refractivity contribution is 5.78. The molecule has 1 amide bonds. The summed E-state index contributed by atoms with van der Waals surface area (Å²) in [5, 5.41) is 13.0. The summed E-state index contributed by atoms with van der Waals surface area (Å²) in [7, 11) is 0. The van der Waals surface area contributed by atoms with Crippen molar-refractivity contribution in [3.05, 3.63) is 0 Å². The molecule has 2 saturated heterocycles. The number of likely N-dealkylation sites (tertiary alicyclic amines) is 1. The molecule has 2 aliphatic rings. The summed E-state index contributed by atoms with van der Waals surface area (Å²) in [6.45, 7) is 5.18. The number of carbonyl (C=O) groups excluding carboxylic acids is 1. The van der Waals surface area contributed by atoms with Gasteiger partial charge in [-0.25, -0.2) is 0 Å². The molecule has 2 fully saturated rings. The standard InChI is InChI=1S/C11H20N2O3/c1-2-11(15)7-13(8-11)10(14)5-9-6-12-3-4-16-9/h9,12,15H,2-8H2,1H3. The molecule has 0 aromatic heterocycles. The maximum absolute atomic E-state index is 11.8. The molecule has 5 nitrogen and oxygen atoms in total. The Morgan fingerprint density at radius 3 is 2.94 bits per heavy atom. The number of rotatable bonds is 3. The first-order chi connectivity index (χ1) is 7.63. The third-order valence-electron chi connectivity index (χ3n) is 3.39. The molecule has 2 rings (SSSR count). The monoisotopic (exact) mass is 228 g/mol. The van der Waals surface area contributed by atoms with Crippen LogP contribution in [0.3, 0.4) is 0 Å². The molecular formula is C11H20N2O3. The Balaban J connectivity index is 1.73. The van der Waals surface area contributed by atoms with E-state index in [1.165, 1.54) is 0 Å². The quantitative estimate of drug-likeness (QED) is 0.674. The van der Waals surface area contributed by atoms with E-state index in [0.29, 0.717) is 32.5 Å². The third-order valence-corrected chi connectivity index (χ3v) is 3.39. The van der Waals surface area contributed by atoms with Gasteiger partial charge in [0.15, 0.2) is 0 Å². The van der Waals surface area contributed by atoms with Crippen LogP contribution in [0.1, 0.15) is 19.8 Å². The van der Waals surface area contributed by atoms with E-state index in [0.717, 1.165) is 13.1 Å². The second-order valence-corrected chi connectivity index (χ2v) is 4.73. The van der Waals surface area contributed by atoms with Crippen LogP contribution in [0.2, 0.25) is 0 Å². The Morgan fingerprint density at radius 2 is 2.38 bits per heavy atom. The fourth-order valence-electron chi connectivity index (χ4n) is 2.14. The minimum atomic E-state index is -0.638. The van der Waals surface area contributed by atoms with E-state index < -0.39 is 5.60 Å². The molecule has 0 radical (unpaired) electrons. The van der Waals surface area contributed by atoms with Crippen molar-refractivity contribution in [3.8, 4) is 0 Å². The van der Waals surface area contributed by atoms with Crippen molar-refractivity contribution in [2.24, 2.45) is 0 Å². The van der Waals surface area contributed by atoms with Gasteiger partial charge in [0, 0.05) is 13.1 Å². The lowest BCUT2D eigenvalue weighted by molar-refractivity contribution is -0.158. The summed E-state index contributed by atoms with van der Waals surface area (Å²) in [4.78, 5) is 13.5. The average Bonchev–Trinajstić information content (AvgIpc) is 2.26. The van der Waals surface area contributed by atoms with E-state index in [2.05, 4.69) is 5.32 Å². The number of ether oxygens (including phenoxy) is 1. The predicted octanol–water partition coefficient (Wildman–Crippen LogP) is -0.652. The Kier molecular flexibility index (Phi) is 3.47. The Morgan fingerprint density at radius 1 is 1.62 bits per heavy atom. The molecule has 0 bridgehead atoms. The Bertz CT molecular complexity index is 258. The highest BCUT2D eigenvalue weighted by atomic mass is 16.5. The van der Waals surface area contributed by atoms with Gasteiger partial charge < -0.3 is 20.1 Å². The number of β-amino-alcohol motifs (C(OH)–C–C–N with tert-alkyl or cyclic N) is 1. The lowest BCUT2D eigenvalue weighted by atomic mass is 9.91. The molecule has 5 heteroatoms. The van der Waals surface area contributed by atoms with E-state index in [1.54, 1.807) is 4.90 Å². The molecule has 0 aromatic carbocycles. The zero-order valence-electron chi connectivity index (χ0n) is 9.74. The van der Waals surface area contributed by atoms with Crippen LogP contribution in [0.5, 0.6) is 0 Å². The molecule has 0 spiro atoms. The SMILES string of the molecule is CCC1(O)CN(C(=O)CC2CNCCO2)C1. The topological polar surface area (TPSA) is 61.8 Å². The van der Waals surface area contributed by atoms with Crippen LogP contribution in [-0.4, -0.2) is 60.4 Å². The first kappa shape index (κ1) is 11.8. The van der Waals surface area contributed by atoms with Gasteiger partial charge >= 0.3 is 0 Å². The summed E-state index contributed by atoms with van der Waals surface area (Å²) >= 11 is 0. The Hall–Kier alpha value is -0.650.